The molecule has 1 N–H and O–H groups in total. The molecule has 2 aromatic heterocycles. The van der Waals surface area contributed by atoms with E-state index in [-0.39, 0.29) is 18.3 Å². The number of aromatic nitrogens is 5. The van der Waals surface area contributed by atoms with Gasteiger partial charge in [-0.25, -0.2) is 9.67 Å². The highest BCUT2D eigenvalue weighted by atomic mass is 35.5. The Morgan fingerprint density at radius 1 is 1.24 bits per heavy atom. The molecule has 3 aromatic rings. The van der Waals surface area contributed by atoms with Gasteiger partial charge in [0.05, 0.1) is 17.3 Å². The van der Waals surface area contributed by atoms with Crippen molar-refractivity contribution in [3.63, 3.8) is 0 Å². The minimum absolute atomic E-state index is 0.190. The van der Waals surface area contributed by atoms with Gasteiger partial charge in [0.15, 0.2) is 0 Å². The van der Waals surface area contributed by atoms with Crippen LogP contribution < -0.4 is 5.32 Å². The third-order valence-corrected chi connectivity index (χ3v) is 4.08. The van der Waals surface area contributed by atoms with Crippen molar-refractivity contribution in [3.8, 4) is 0 Å². The summed E-state index contributed by atoms with van der Waals surface area (Å²) < 4.78 is 3.28. The van der Waals surface area contributed by atoms with E-state index in [1.165, 1.54) is 0 Å². The number of anilines is 1. The SMILES string of the molecule is Cc1nn(CCC(=O)Nc2ncn(Cc3cccc(Cl)c3)n2)cc1Cl. The van der Waals surface area contributed by atoms with Crippen LogP contribution >= 0.6 is 23.2 Å². The van der Waals surface area contributed by atoms with Crippen LogP contribution in [0.3, 0.4) is 0 Å². The maximum Gasteiger partial charge on any atom is 0.248 e. The molecule has 0 bridgehead atoms. The molecule has 1 aromatic carbocycles. The summed E-state index contributed by atoms with van der Waals surface area (Å²) in [6, 6.07) is 7.49. The number of benzene rings is 1. The lowest BCUT2D eigenvalue weighted by Crippen LogP contribution is -2.16. The van der Waals surface area contributed by atoms with E-state index in [2.05, 4.69) is 20.5 Å². The largest absolute Gasteiger partial charge is 0.293 e. The molecule has 0 aliphatic heterocycles. The monoisotopic (exact) mass is 378 g/mol. The van der Waals surface area contributed by atoms with Crippen molar-refractivity contribution in [2.45, 2.75) is 26.4 Å². The zero-order valence-electron chi connectivity index (χ0n) is 13.5. The molecule has 9 heteroatoms. The average Bonchev–Trinajstić information content (AvgIpc) is 3.12. The Morgan fingerprint density at radius 3 is 2.80 bits per heavy atom. The fourth-order valence-electron chi connectivity index (χ4n) is 2.26. The van der Waals surface area contributed by atoms with E-state index in [0.717, 1.165) is 11.3 Å². The topological polar surface area (TPSA) is 77.6 Å². The van der Waals surface area contributed by atoms with Gasteiger partial charge in [0.1, 0.15) is 6.33 Å². The van der Waals surface area contributed by atoms with E-state index in [9.17, 15) is 4.79 Å². The number of aryl methyl sites for hydroxylation is 2. The molecular weight excluding hydrogens is 363 g/mol. The molecule has 0 spiro atoms. The van der Waals surface area contributed by atoms with E-state index in [1.54, 1.807) is 21.9 Å². The summed E-state index contributed by atoms with van der Waals surface area (Å²) in [6.07, 6.45) is 3.51. The minimum Gasteiger partial charge on any atom is -0.293 e. The molecule has 130 valence electrons. The first-order chi connectivity index (χ1) is 12.0. The Morgan fingerprint density at radius 2 is 2.08 bits per heavy atom. The number of halogens is 2. The molecule has 7 nitrogen and oxygen atoms in total. The molecule has 0 unspecified atom stereocenters. The van der Waals surface area contributed by atoms with Crippen molar-refractivity contribution in [2.24, 2.45) is 0 Å². The third-order valence-electron chi connectivity index (χ3n) is 3.48. The quantitative estimate of drug-likeness (QED) is 0.714. The zero-order valence-corrected chi connectivity index (χ0v) is 15.0. The summed E-state index contributed by atoms with van der Waals surface area (Å²) in [5.74, 6) is 0.0755. The number of nitrogens with zero attached hydrogens (tertiary/aromatic N) is 5. The van der Waals surface area contributed by atoms with Gasteiger partial charge in [-0.05, 0) is 24.6 Å². The molecule has 25 heavy (non-hydrogen) atoms. The molecule has 0 fully saturated rings. The van der Waals surface area contributed by atoms with Crippen LogP contribution in [0.25, 0.3) is 0 Å². The summed E-state index contributed by atoms with van der Waals surface area (Å²) in [7, 11) is 0. The van der Waals surface area contributed by atoms with Crippen molar-refractivity contribution in [3.05, 3.63) is 58.1 Å². The lowest BCUT2D eigenvalue weighted by Gasteiger charge is -2.03. The maximum atomic E-state index is 12.0. The van der Waals surface area contributed by atoms with Gasteiger partial charge in [-0.2, -0.15) is 5.10 Å². The first-order valence-corrected chi connectivity index (χ1v) is 8.38. The fraction of sp³-hybridized carbons (Fsp3) is 0.250. The van der Waals surface area contributed by atoms with Gasteiger partial charge in [-0.3, -0.25) is 14.8 Å². The summed E-state index contributed by atoms with van der Waals surface area (Å²) >= 11 is 11.9. The summed E-state index contributed by atoms with van der Waals surface area (Å²) in [5, 5.41) is 12.4. The number of hydrogen-bond donors (Lipinski definition) is 1. The molecule has 0 saturated heterocycles. The molecule has 1 amide bonds. The van der Waals surface area contributed by atoms with Gasteiger partial charge in [-0.15, -0.1) is 5.10 Å². The lowest BCUT2D eigenvalue weighted by molar-refractivity contribution is -0.116. The van der Waals surface area contributed by atoms with Crippen molar-refractivity contribution in [1.29, 1.82) is 0 Å². The highest BCUT2D eigenvalue weighted by Crippen LogP contribution is 2.13. The normalized spacial score (nSPS) is 10.8. The fourth-order valence-corrected chi connectivity index (χ4v) is 2.63. The lowest BCUT2D eigenvalue weighted by atomic mass is 10.2. The second-order valence-corrected chi connectivity index (χ2v) is 6.36. The Kier molecular flexibility index (Phi) is 5.35. The van der Waals surface area contributed by atoms with Gasteiger partial charge in [0, 0.05) is 24.2 Å². The summed E-state index contributed by atoms with van der Waals surface area (Å²) in [6.45, 7) is 2.77. The summed E-state index contributed by atoms with van der Waals surface area (Å²) in [4.78, 5) is 16.1. The minimum atomic E-state index is -0.190. The van der Waals surface area contributed by atoms with Crippen molar-refractivity contribution < 1.29 is 4.79 Å². The van der Waals surface area contributed by atoms with Crippen LogP contribution in [-0.2, 0) is 17.9 Å². The van der Waals surface area contributed by atoms with Crippen LogP contribution in [0.15, 0.2) is 36.8 Å². The molecule has 0 radical (unpaired) electrons. The van der Waals surface area contributed by atoms with Crippen LogP contribution in [0.1, 0.15) is 17.7 Å². The molecule has 0 saturated carbocycles. The second kappa shape index (κ2) is 7.67. The van der Waals surface area contributed by atoms with E-state index in [0.29, 0.717) is 23.1 Å². The van der Waals surface area contributed by atoms with Gasteiger partial charge in [-0.1, -0.05) is 35.3 Å². The molecule has 3 rings (SSSR count). The van der Waals surface area contributed by atoms with Gasteiger partial charge in [0.2, 0.25) is 11.9 Å². The van der Waals surface area contributed by atoms with Crippen molar-refractivity contribution in [2.75, 3.05) is 5.32 Å². The van der Waals surface area contributed by atoms with E-state index >= 15 is 0 Å². The Balaban J connectivity index is 1.53. The number of nitrogens with one attached hydrogen (secondary N) is 1. The van der Waals surface area contributed by atoms with Crippen LogP contribution in [0.5, 0.6) is 0 Å². The first-order valence-electron chi connectivity index (χ1n) is 7.63. The molecule has 0 aliphatic rings. The van der Waals surface area contributed by atoms with Crippen LogP contribution in [-0.4, -0.2) is 30.5 Å². The van der Waals surface area contributed by atoms with Crippen LogP contribution in [0.2, 0.25) is 10.0 Å². The van der Waals surface area contributed by atoms with E-state index < -0.39 is 0 Å². The Hall–Kier alpha value is -2.38. The van der Waals surface area contributed by atoms with Crippen molar-refractivity contribution >= 4 is 35.1 Å². The molecule has 0 aliphatic carbocycles. The maximum absolute atomic E-state index is 12.0. The van der Waals surface area contributed by atoms with Gasteiger partial charge >= 0.3 is 0 Å². The Bertz CT molecular complexity index is 869. The number of rotatable bonds is 6. The molecule has 2 heterocycles. The first kappa shape index (κ1) is 17.4. The smallest absolute Gasteiger partial charge is 0.248 e. The van der Waals surface area contributed by atoms with E-state index in [1.807, 2.05) is 31.2 Å². The summed E-state index contributed by atoms with van der Waals surface area (Å²) in [5.41, 5.74) is 1.74. The highest BCUT2D eigenvalue weighted by molar-refractivity contribution is 6.31. The number of amides is 1. The van der Waals surface area contributed by atoms with Gasteiger partial charge < -0.3 is 0 Å². The van der Waals surface area contributed by atoms with Crippen LogP contribution in [0, 0.1) is 6.92 Å². The molecular formula is C16H16Cl2N6O. The van der Waals surface area contributed by atoms with E-state index in [4.69, 9.17) is 23.2 Å². The van der Waals surface area contributed by atoms with Gasteiger partial charge in [0.25, 0.3) is 0 Å². The Labute approximate surface area is 154 Å². The number of hydrogen-bond acceptors (Lipinski definition) is 4. The second-order valence-electron chi connectivity index (χ2n) is 5.52. The highest BCUT2D eigenvalue weighted by Gasteiger charge is 2.09. The standard InChI is InChI=1S/C16H16Cl2N6O/c1-11-14(18)9-23(21-11)6-5-15(25)20-16-19-10-24(22-16)8-12-3-2-4-13(17)7-12/h2-4,7,9-10H,5-6,8H2,1H3,(H,20,22,25). The molecule has 0 atom stereocenters. The van der Waals surface area contributed by atoms with Crippen LogP contribution in [0.4, 0.5) is 5.95 Å². The predicted octanol–water partition coefficient (Wildman–Crippen LogP) is 3.17. The predicted molar refractivity (Wildman–Crippen MR) is 95.8 cm³/mol. The zero-order chi connectivity index (χ0) is 17.8. The van der Waals surface area contributed by atoms with Crippen molar-refractivity contribution in [1.82, 2.24) is 24.5 Å². The number of carbonyl (C=O) groups is 1. The third kappa shape index (κ3) is 4.80. The number of carbonyl (C=O) groups excluding carboxylic acids is 1. The average molecular weight is 379 g/mol.